The number of methoxy groups -OCH3 is 1. The Morgan fingerprint density at radius 2 is 1.94 bits per heavy atom. The standard InChI is InChI=1S/C26H29N3O4/c1-29-12-6-9-20(29)13-19-15-28-22-11-10-18(14-21(19)22)24(27)23(25(30)32-2)26(31)33-16-17-7-4-3-5-8-17/h3-5,7-8,10-11,14-15,20,28H,6,9,12-13,16,27H2,1-2H3/t20-/m1/s1. The van der Waals surface area contributed by atoms with Crippen molar-refractivity contribution in [3.63, 3.8) is 0 Å². The molecule has 1 aromatic heterocycles. The van der Waals surface area contributed by atoms with Gasteiger partial charge < -0.3 is 25.1 Å². The number of hydrogen-bond donors (Lipinski definition) is 2. The van der Waals surface area contributed by atoms with E-state index < -0.39 is 11.9 Å². The molecular formula is C26H29N3O4. The van der Waals surface area contributed by atoms with Crippen molar-refractivity contribution in [1.82, 2.24) is 9.88 Å². The van der Waals surface area contributed by atoms with E-state index in [4.69, 9.17) is 15.2 Å². The van der Waals surface area contributed by atoms with Crippen LogP contribution in [0.1, 0.15) is 29.5 Å². The molecule has 1 aliphatic rings. The Balaban J connectivity index is 1.63. The lowest BCUT2D eigenvalue weighted by molar-refractivity contribution is -0.146. The number of likely N-dealkylation sites (tertiary alicyclic amines) is 1. The summed E-state index contributed by atoms with van der Waals surface area (Å²) in [5, 5.41) is 1.03. The van der Waals surface area contributed by atoms with Crippen molar-refractivity contribution >= 4 is 28.5 Å². The number of hydrogen-bond acceptors (Lipinski definition) is 6. The molecule has 7 heteroatoms. The molecule has 3 N–H and O–H groups in total. The molecule has 3 aromatic rings. The van der Waals surface area contributed by atoms with Gasteiger partial charge in [-0.05, 0) is 61.7 Å². The van der Waals surface area contributed by atoms with E-state index in [1.807, 2.05) is 48.7 Å². The molecule has 0 radical (unpaired) electrons. The molecule has 0 aliphatic carbocycles. The molecule has 0 bridgehead atoms. The van der Waals surface area contributed by atoms with Gasteiger partial charge in [0.15, 0.2) is 5.57 Å². The first-order valence-electron chi connectivity index (χ1n) is 11.1. The molecule has 1 aliphatic heterocycles. The smallest absolute Gasteiger partial charge is 0.348 e. The van der Waals surface area contributed by atoms with Crippen LogP contribution in [0.3, 0.4) is 0 Å². The molecule has 4 rings (SSSR count). The zero-order valence-electron chi connectivity index (χ0n) is 19.0. The van der Waals surface area contributed by atoms with Crippen molar-refractivity contribution < 1.29 is 19.1 Å². The summed E-state index contributed by atoms with van der Waals surface area (Å²) in [6, 6.07) is 15.3. The topological polar surface area (TPSA) is 97.6 Å². The Bertz CT molecular complexity index is 1180. The van der Waals surface area contributed by atoms with Crippen LogP contribution in [-0.2, 0) is 32.1 Å². The highest BCUT2D eigenvalue weighted by atomic mass is 16.5. The van der Waals surface area contributed by atoms with Gasteiger partial charge in [-0.2, -0.15) is 0 Å². The summed E-state index contributed by atoms with van der Waals surface area (Å²) in [4.78, 5) is 31.0. The lowest BCUT2D eigenvalue weighted by atomic mass is 10.00. The first kappa shape index (κ1) is 22.6. The number of aromatic amines is 1. The minimum atomic E-state index is -0.826. The molecule has 2 aromatic carbocycles. The van der Waals surface area contributed by atoms with Crippen LogP contribution < -0.4 is 5.73 Å². The average Bonchev–Trinajstić information content (AvgIpc) is 3.44. The van der Waals surface area contributed by atoms with Crippen molar-refractivity contribution in [1.29, 1.82) is 0 Å². The van der Waals surface area contributed by atoms with E-state index in [1.165, 1.54) is 25.5 Å². The Hall–Kier alpha value is -3.58. The van der Waals surface area contributed by atoms with Crippen LogP contribution in [0, 0.1) is 0 Å². The van der Waals surface area contributed by atoms with Crippen LogP contribution in [0.4, 0.5) is 0 Å². The molecule has 1 atom stereocenters. The number of aromatic nitrogens is 1. The van der Waals surface area contributed by atoms with Crippen molar-refractivity contribution in [3.8, 4) is 0 Å². The van der Waals surface area contributed by atoms with Gasteiger partial charge in [0, 0.05) is 23.1 Å². The lowest BCUT2D eigenvalue weighted by Crippen LogP contribution is -2.26. The van der Waals surface area contributed by atoms with Gasteiger partial charge in [-0.25, -0.2) is 9.59 Å². The molecule has 1 saturated heterocycles. The van der Waals surface area contributed by atoms with Crippen LogP contribution in [-0.4, -0.2) is 48.6 Å². The number of rotatable bonds is 7. The third-order valence-corrected chi connectivity index (χ3v) is 6.28. The molecule has 0 amide bonds. The van der Waals surface area contributed by atoms with Gasteiger partial charge in [-0.15, -0.1) is 0 Å². The summed E-state index contributed by atoms with van der Waals surface area (Å²) >= 11 is 0. The summed E-state index contributed by atoms with van der Waals surface area (Å²) in [6.07, 6.45) is 5.32. The van der Waals surface area contributed by atoms with Crippen LogP contribution in [0.5, 0.6) is 0 Å². The highest BCUT2D eigenvalue weighted by Gasteiger charge is 2.26. The van der Waals surface area contributed by atoms with Gasteiger partial charge in [0.25, 0.3) is 0 Å². The van der Waals surface area contributed by atoms with E-state index in [0.29, 0.717) is 11.6 Å². The lowest BCUT2D eigenvalue weighted by Gasteiger charge is -2.18. The average molecular weight is 448 g/mol. The Morgan fingerprint density at radius 3 is 2.64 bits per heavy atom. The molecule has 0 spiro atoms. The first-order chi connectivity index (χ1) is 16.0. The number of H-pyrrole nitrogens is 1. The second-order valence-corrected chi connectivity index (χ2v) is 8.40. The van der Waals surface area contributed by atoms with E-state index in [0.717, 1.165) is 29.4 Å². The Kier molecular flexibility index (Phi) is 6.79. The highest BCUT2D eigenvalue weighted by molar-refractivity contribution is 6.19. The van der Waals surface area contributed by atoms with Gasteiger partial charge in [-0.1, -0.05) is 36.4 Å². The Morgan fingerprint density at radius 1 is 1.15 bits per heavy atom. The van der Waals surface area contributed by atoms with Crippen LogP contribution >= 0.6 is 0 Å². The summed E-state index contributed by atoms with van der Waals surface area (Å²) in [5.74, 6) is -1.64. The number of benzene rings is 2. The SMILES string of the molecule is COC(=O)C(C(=O)OCc1ccccc1)=C(N)c1ccc2[nH]cc(C[C@H]3CCCN3C)c2c1. The molecule has 1 fully saturated rings. The van der Waals surface area contributed by atoms with Crippen molar-refractivity contribution in [2.45, 2.75) is 31.9 Å². The van der Waals surface area contributed by atoms with Gasteiger partial charge in [-0.3, -0.25) is 0 Å². The summed E-state index contributed by atoms with van der Waals surface area (Å²) in [7, 11) is 3.37. The second kappa shape index (κ2) is 9.92. The third-order valence-electron chi connectivity index (χ3n) is 6.28. The summed E-state index contributed by atoms with van der Waals surface area (Å²) in [5.41, 5.74) is 9.61. The number of ether oxygens (including phenoxy) is 2. The van der Waals surface area contributed by atoms with E-state index in [-0.39, 0.29) is 17.9 Å². The molecule has 0 unspecified atom stereocenters. The van der Waals surface area contributed by atoms with Crippen LogP contribution in [0.2, 0.25) is 0 Å². The van der Waals surface area contributed by atoms with E-state index in [1.54, 1.807) is 6.07 Å². The van der Waals surface area contributed by atoms with Crippen LogP contribution in [0.15, 0.2) is 60.3 Å². The number of fused-ring (bicyclic) bond motifs is 1. The largest absolute Gasteiger partial charge is 0.465 e. The van der Waals surface area contributed by atoms with Crippen molar-refractivity contribution in [3.05, 3.63) is 77.0 Å². The fraction of sp³-hybridized carbons (Fsp3) is 0.308. The monoisotopic (exact) mass is 447 g/mol. The minimum Gasteiger partial charge on any atom is -0.465 e. The zero-order chi connectivity index (χ0) is 23.4. The quantitative estimate of drug-likeness (QED) is 0.249. The van der Waals surface area contributed by atoms with Crippen molar-refractivity contribution in [2.24, 2.45) is 5.73 Å². The summed E-state index contributed by atoms with van der Waals surface area (Å²) < 4.78 is 10.2. The van der Waals surface area contributed by atoms with E-state index in [2.05, 4.69) is 16.9 Å². The van der Waals surface area contributed by atoms with Gasteiger partial charge >= 0.3 is 11.9 Å². The normalized spacial score (nSPS) is 17.1. The predicted molar refractivity (Wildman–Crippen MR) is 127 cm³/mol. The highest BCUT2D eigenvalue weighted by Crippen LogP contribution is 2.27. The zero-order valence-corrected chi connectivity index (χ0v) is 19.0. The Labute approximate surface area is 193 Å². The number of likely N-dealkylation sites (N-methyl/N-ethyl adjacent to an activating group) is 1. The fourth-order valence-corrected chi connectivity index (χ4v) is 4.35. The number of carbonyl (C=O) groups is 2. The van der Waals surface area contributed by atoms with Gasteiger partial charge in [0.2, 0.25) is 0 Å². The maximum absolute atomic E-state index is 12.8. The molecule has 7 nitrogen and oxygen atoms in total. The molecule has 2 heterocycles. The van der Waals surface area contributed by atoms with Crippen molar-refractivity contribution in [2.75, 3.05) is 20.7 Å². The maximum atomic E-state index is 12.8. The van der Waals surface area contributed by atoms with Gasteiger partial charge in [0.05, 0.1) is 12.8 Å². The number of nitrogens with one attached hydrogen (secondary N) is 1. The second-order valence-electron chi connectivity index (χ2n) is 8.40. The number of esters is 2. The maximum Gasteiger partial charge on any atom is 0.348 e. The fourth-order valence-electron chi connectivity index (χ4n) is 4.35. The predicted octanol–water partition coefficient (Wildman–Crippen LogP) is 3.39. The number of carbonyl (C=O) groups excluding carboxylic acids is 2. The molecule has 0 saturated carbocycles. The van der Waals surface area contributed by atoms with Gasteiger partial charge in [0.1, 0.15) is 6.61 Å². The summed E-state index contributed by atoms with van der Waals surface area (Å²) in [6.45, 7) is 1.14. The molecular weight excluding hydrogens is 418 g/mol. The number of nitrogens with two attached hydrogens (primary N) is 1. The molecule has 33 heavy (non-hydrogen) atoms. The third kappa shape index (κ3) is 4.93. The number of nitrogens with zero attached hydrogens (tertiary/aromatic N) is 1. The van der Waals surface area contributed by atoms with Crippen LogP contribution in [0.25, 0.3) is 16.6 Å². The van der Waals surface area contributed by atoms with E-state index >= 15 is 0 Å². The first-order valence-corrected chi connectivity index (χ1v) is 11.1. The molecule has 172 valence electrons. The minimum absolute atomic E-state index is 0.0311. The van der Waals surface area contributed by atoms with E-state index in [9.17, 15) is 9.59 Å².